The maximum Gasteiger partial charge on any atom is 0.177 e. The fourth-order valence-corrected chi connectivity index (χ4v) is 3.34. The minimum atomic E-state index is 0.581. The van der Waals surface area contributed by atoms with Crippen molar-refractivity contribution < 1.29 is 0 Å². The number of piperidine rings is 1. The van der Waals surface area contributed by atoms with Gasteiger partial charge in [-0.25, -0.2) is 0 Å². The number of aromatic nitrogens is 4. The Bertz CT molecular complexity index is 601. The molecule has 0 saturated carbocycles. The summed E-state index contributed by atoms with van der Waals surface area (Å²) in [5.41, 5.74) is 2.19. The fourth-order valence-electron chi connectivity index (χ4n) is 3.34. The lowest BCUT2D eigenvalue weighted by Gasteiger charge is -2.36. The summed E-state index contributed by atoms with van der Waals surface area (Å²) in [6.45, 7) is 4.15. The van der Waals surface area contributed by atoms with E-state index in [2.05, 4.69) is 32.8 Å². The highest BCUT2D eigenvalue weighted by Crippen LogP contribution is 2.39. The van der Waals surface area contributed by atoms with Crippen LogP contribution in [0.2, 0.25) is 0 Å². The van der Waals surface area contributed by atoms with Gasteiger partial charge in [-0.2, -0.15) is 4.52 Å². The number of rotatable bonds is 1. The highest BCUT2D eigenvalue weighted by molar-refractivity contribution is 5.49. The summed E-state index contributed by atoms with van der Waals surface area (Å²) in [5.74, 6) is 1.04. The number of fused-ring (bicyclic) bond motifs is 3. The molecule has 0 aliphatic carbocycles. The first-order chi connectivity index (χ1) is 8.81. The van der Waals surface area contributed by atoms with E-state index in [1.807, 2.05) is 6.07 Å². The molecule has 2 fully saturated rings. The maximum absolute atomic E-state index is 4.61. The van der Waals surface area contributed by atoms with Crippen LogP contribution in [0.15, 0.2) is 30.6 Å². The summed E-state index contributed by atoms with van der Waals surface area (Å²) in [6, 6.07) is 5.21. The van der Waals surface area contributed by atoms with Gasteiger partial charge < -0.3 is 4.90 Å². The van der Waals surface area contributed by atoms with Crippen LogP contribution in [-0.4, -0.2) is 31.9 Å². The number of anilines is 1. The first kappa shape index (κ1) is 10.1. The Morgan fingerprint density at radius 2 is 1.94 bits per heavy atom. The predicted octanol–water partition coefficient (Wildman–Crippen LogP) is 1.81. The third kappa shape index (κ3) is 1.36. The summed E-state index contributed by atoms with van der Waals surface area (Å²) in [7, 11) is 0. The third-order valence-electron chi connectivity index (χ3n) is 4.08. The van der Waals surface area contributed by atoms with Gasteiger partial charge in [0.15, 0.2) is 5.65 Å². The SMILES string of the molecule is C=C1CC2CCC(C1)N2c1ccc2nncn2n1. The largest absolute Gasteiger partial charge is 0.349 e. The van der Waals surface area contributed by atoms with Gasteiger partial charge in [-0.15, -0.1) is 15.3 Å². The lowest BCUT2D eigenvalue weighted by atomic mass is 9.98. The first-order valence-electron chi connectivity index (χ1n) is 6.43. The molecular formula is C13H15N5. The number of nitrogens with zero attached hydrogens (tertiary/aromatic N) is 5. The molecule has 92 valence electrons. The van der Waals surface area contributed by atoms with E-state index in [-0.39, 0.29) is 0 Å². The van der Waals surface area contributed by atoms with E-state index >= 15 is 0 Å². The molecule has 2 aliphatic rings. The second-order valence-electron chi connectivity index (χ2n) is 5.28. The van der Waals surface area contributed by atoms with Gasteiger partial charge in [0.05, 0.1) is 0 Å². The van der Waals surface area contributed by atoms with Gasteiger partial charge in [-0.1, -0.05) is 12.2 Å². The predicted molar refractivity (Wildman–Crippen MR) is 68.4 cm³/mol. The molecule has 0 radical (unpaired) electrons. The van der Waals surface area contributed by atoms with Crippen LogP contribution in [0.4, 0.5) is 5.82 Å². The Morgan fingerprint density at radius 1 is 1.17 bits per heavy atom. The zero-order valence-corrected chi connectivity index (χ0v) is 10.2. The lowest BCUT2D eigenvalue weighted by molar-refractivity contribution is 0.542. The molecular weight excluding hydrogens is 226 g/mol. The molecule has 2 atom stereocenters. The Morgan fingerprint density at radius 3 is 2.72 bits per heavy atom. The van der Waals surface area contributed by atoms with Gasteiger partial charge in [0.2, 0.25) is 0 Å². The van der Waals surface area contributed by atoms with E-state index in [9.17, 15) is 0 Å². The monoisotopic (exact) mass is 241 g/mol. The van der Waals surface area contributed by atoms with Gasteiger partial charge in [-0.05, 0) is 37.8 Å². The molecule has 5 nitrogen and oxygen atoms in total. The normalized spacial score (nSPS) is 27.1. The summed E-state index contributed by atoms with van der Waals surface area (Å²) >= 11 is 0. The highest BCUT2D eigenvalue weighted by Gasteiger charge is 2.38. The molecule has 2 aromatic rings. The van der Waals surface area contributed by atoms with Crippen molar-refractivity contribution in [1.82, 2.24) is 19.8 Å². The molecule has 0 amide bonds. The number of hydrogen-bond donors (Lipinski definition) is 0. The van der Waals surface area contributed by atoms with Crippen LogP contribution in [-0.2, 0) is 0 Å². The van der Waals surface area contributed by atoms with Crippen molar-refractivity contribution in [2.24, 2.45) is 0 Å². The first-order valence-corrected chi connectivity index (χ1v) is 6.43. The molecule has 18 heavy (non-hydrogen) atoms. The minimum absolute atomic E-state index is 0.581. The summed E-state index contributed by atoms with van der Waals surface area (Å²) in [6.07, 6.45) is 6.39. The van der Waals surface area contributed by atoms with Crippen molar-refractivity contribution in [3.63, 3.8) is 0 Å². The topological polar surface area (TPSA) is 46.3 Å². The Hall–Kier alpha value is -1.91. The van der Waals surface area contributed by atoms with Crippen molar-refractivity contribution in [2.75, 3.05) is 4.90 Å². The molecule has 0 aromatic carbocycles. The Balaban J connectivity index is 1.76. The van der Waals surface area contributed by atoms with Gasteiger partial charge in [0.25, 0.3) is 0 Å². The van der Waals surface area contributed by atoms with Crippen LogP contribution < -0.4 is 4.90 Å². The molecule has 5 heteroatoms. The average molecular weight is 241 g/mol. The van der Waals surface area contributed by atoms with E-state index in [4.69, 9.17) is 0 Å². The standard InChI is InChI=1S/C13H15N5/c1-9-6-10-2-3-11(7-9)18(10)13-5-4-12-15-14-8-17(12)16-13/h4-5,8,10-11H,1-3,6-7H2. The van der Waals surface area contributed by atoms with Crippen LogP contribution in [0.1, 0.15) is 25.7 Å². The second kappa shape index (κ2) is 3.54. The molecule has 0 spiro atoms. The van der Waals surface area contributed by atoms with E-state index in [0.29, 0.717) is 12.1 Å². The third-order valence-corrected chi connectivity index (χ3v) is 4.08. The molecule has 4 rings (SSSR count). The van der Waals surface area contributed by atoms with Gasteiger partial charge in [-0.3, -0.25) is 0 Å². The maximum atomic E-state index is 4.61. The number of hydrogen-bond acceptors (Lipinski definition) is 4. The fraction of sp³-hybridized carbons (Fsp3) is 0.462. The quantitative estimate of drug-likeness (QED) is 0.714. The van der Waals surface area contributed by atoms with Gasteiger partial charge in [0.1, 0.15) is 12.1 Å². The smallest absolute Gasteiger partial charge is 0.177 e. The molecule has 4 heterocycles. The highest BCUT2D eigenvalue weighted by atomic mass is 15.4. The van der Waals surface area contributed by atoms with Crippen molar-refractivity contribution >= 4 is 11.5 Å². The van der Waals surface area contributed by atoms with Crippen LogP contribution in [0.25, 0.3) is 5.65 Å². The summed E-state index contributed by atoms with van der Waals surface area (Å²) in [4.78, 5) is 2.47. The molecule has 2 bridgehead atoms. The van der Waals surface area contributed by atoms with Crippen LogP contribution in [0.5, 0.6) is 0 Å². The van der Waals surface area contributed by atoms with Crippen LogP contribution >= 0.6 is 0 Å². The molecule has 0 N–H and O–H groups in total. The van der Waals surface area contributed by atoms with Crippen molar-refractivity contribution in [3.05, 3.63) is 30.6 Å². The molecule has 2 aromatic heterocycles. The van der Waals surface area contributed by atoms with Crippen molar-refractivity contribution in [2.45, 2.75) is 37.8 Å². The molecule has 2 unspecified atom stereocenters. The zero-order valence-electron chi connectivity index (χ0n) is 10.2. The van der Waals surface area contributed by atoms with Gasteiger partial charge in [0, 0.05) is 12.1 Å². The van der Waals surface area contributed by atoms with E-state index in [0.717, 1.165) is 24.3 Å². The van der Waals surface area contributed by atoms with Gasteiger partial charge >= 0.3 is 0 Å². The Labute approximate surface area is 105 Å². The lowest BCUT2D eigenvalue weighted by Crippen LogP contribution is -2.41. The van der Waals surface area contributed by atoms with E-state index in [1.165, 1.54) is 18.4 Å². The van der Waals surface area contributed by atoms with Crippen molar-refractivity contribution in [3.8, 4) is 0 Å². The van der Waals surface area contributed by atoms with E-state index < -0.39 is 0 Å². The van der Waals surface area contributed by atoms with Crippen LogP contribution in [0, 0.1) is 0 Å². The minimum Gasteiger partial charge on any atom is -0.349 e. The summed E-state index contributed by atoms with van der Waals surface area (Å²) in [5, 5.41) is 12.5. The molecule has 2 aliphatic heterocycles. The second-order valence-corrected chi connectivity index (χ2v) is 5.28. The summed E-state index contributed by atoms with van der Waals surface area (Å²) < 4.78 is 1.75. The molecule has 2 saturated heterocycles. The van der Waals surface area contributed by atoms with E-state index in [1.54, 1.807) is 10.8 Å². The zero-order chi connectivity index (χ0) is 12.1. The van der Waals surface area contributed by atoms with Crippen molar-refractivity contribution in [1.29, 1.82) is 0 Å². The van der Waals surface area contributed by atoms with Crippen LogP contribution in [0.3, 0.4) is 0 Å². The Kier molecular flexibility index (Phi) is 1.98. The average Bonchev–Trinajstić information content (AvgIpc) is 2.91.